The summed E-state index contributed by atoms with van der Waals surface area (Å²) in [4.78, 5) is 29.0. The van der Waals surface area contributed by atoms with Crippen molar-refractivity contribution in [2.24, 2.45) is 5.92 Å². The molecule has 5 aromatic rings. The van der Waals surface area contributed by atoms with E-state index in [-0.39, 0.29) is 34.0 Å². The number of ether oxygens (including phenoxy) is 1. The minimum atomic E-state index is -4.14. The van der Waals surface area contributed by atoms with Crippen molar-refractivity contribution < 1.29 is 30.9 Å². The Balaban J connectivity index is 0.00000100. The van der Waals surface area contributed by atoms with Gasteiger partial charge in [0.1, 0.15) is 28.8 Å². The predicted molar refractivity (Wildman–Crippen MR) is 214 cm³/mol. The van der Waals surface area contributed by atoms with Gasteiger partial charge in [0.15, 0.2) is 0 Å². The summed E-state index contributed by atoms with van der Waals surface area (Å²) in [7, 11) is -7.81. The molecule has 2 aliphatic rings. The lowest BCUT2D eigenvalue weighted by Gasteiger charge is -2.32. The summed E-state index contributed by atoms with van der Waals surface area (Å²) in [6.07, 6.45) is 10.7. The number of likely N-dealkylation sites (tertiary alicyclic amines) is 1. The zero-order chi connectivity index (χ0) is 40.0. The SMILES string of the molecule is CS(=O)(=O)O.Cc1cc(-n2ccnc2)c2cccc(OCc3c(Cl)ccc(S(=O)(=O)N4CCC[C@H]4C(=O)NCC4CCN(Cc5ccccn5)CC4)c3Cl)c2n1. The first kappa shape index (κ1) is 41.5. The Bertz CT molecular complexity index is 2370. The third-order valence-corrected chi connectivity index (χ3v) is 12.5. The number of carbonyl (C=O) groups is 1. The van der Waals surface area contributed by atoms with Gasteiger partial charge in [-0.1, -0.05) is 41.4 Å². The highest BCUT2D eigenvalue weighted by atomic mass is 35.5. The zero-order valence-corrected chi connectivity index (χ0v) is 34.0. The maximum Gasteiger partial charge on any atom is 0.261 e. The number of hydrogen-bond donors (Lipinski definition) is 2. The number of sulfonamides is 1. The minimum absolute atomic E-state index is 0.0329. The molecular weight excluding hydrogens is 801 g/mol. The van der Waals surface area contributed by atoms with Crippen LogP contribution in [0.2, 0.25) is 10.0 Å². The van der Waals surface area contributed by atoms with Crippen molar-refractivity contribution in [3.05, 3.63) is 107 Å². The van der Waals surface area contributed by atoms with Crippen molar-refractivity contribution in [1.29, 1.82) is 0 Å². The monoisotopic (exact) mass is 843 g/mol. The lowest BCUT2D eigenvalue weighted by atomic mass is 9.96. The molecule has 14 nitrogen and oxygen atoms in total. The second kappa shape index (κ2) is 18.0. The summed E-state index contributed by atoms with van der Waals surface area (Å²) in [6, 6.07) is 15.6. The van der Waals surface area contributed by atoms with Gasteiger partial charge < -0.3 is 14.6 Å². The molecule has 0 spiro atoms. The predicted octanol–water partition coefficient (Wildman–Crippen LogP) is 5.70. The first-order valence-corrected chi connectivity index (χ1v) is 22.1. The number of nitrogens with one attached hydrogen (secondary N) is 1. The van der Waals surface area contributed by atoms with Crippen LogP contribution in [0, 0.1) is 12.8 Å². The number of carbonyl (C=O) groups excluding carboxylic acids is 1. The van der Waals surface area contributed by atoms with Gasteiger partial charge in [0, 0.05) is 59.9 Å². The number of amides is 1. The number of nitrogens with zero attached hydrogens (tertiary/aromatic N) is 6. The number of imidazole rings is 1. The highest BCUT2D eigenvalue weighted by Crippen LogP contribution is 2.37. The number of hydrogen-bond acceptors (Lipinski definition) is 10. The summed E-state index contributed by atoms with van der Waals surface area (Å²) >= 11 is 13.4. The van der Waals surface area contributed by atoms with E-state index in [9.17, 15) is 21.6 Å². The summed E-state index contributed by atoms with van der Waals surface area (Å²) in [5.41, 5.74) is 3.70. The fourth-order valence-corrected chi connectivity index (χ4v) is 9.49. The summed E-state index contributed by atoms with van der Waals surface area (Å²) in [6.45, 7) is 5.19. The van der Waals surface area contributed by atoms with Gasteiger partial charge in [0.2, 0.25) is 15.9 Å². The molecule has 5 heterocycles. The topological polar surface area (TPSA) is 177 Å². The summed E-state index contributed by atoms with van der Waals surface area (Å²) in [5, 5.41) is 4.15. The molecule has 56 heavy (non-hydrogen) atoms. The first-order valence-electron chi connectivity index (χ1n) is 18.0. The van der Waals surface area contributed by atoms with Gasteiger partial charge in [0.25, 0.3) is 10.1 Å². The molecule has 2 aromatic carbocycles. The van der Waals surface area contributed by atoms with Crippen molar-refractivity contribution in [1.82, 2.24) is 34.0 Å². The molecule has 0 aliphatic carbocycles. The smallest absolute Gasteiger partial charge is 0.261 e. The van der Waals surface area contributed by atoms with Crippen LogP contribution in [0.25, 0.3) is 16.6 Å². The van der Waals surface area contributed by atoms with E-state index >= 15 is 0 Å². The number of piperidine rings is 1. The molecule has 7 rings (SSSR count). The van der Waals surface area contributed by atoms with Crippen molar-refractivity contribution in [3.8, 4) is 11.4 Å². The molecule has 0 radical (unpaired) electrons. The maximum atomic E-state index is 14.1. The molecule has 0 bridgehead atoms. The average Bonchev–Trinajstić information content (AvgIpc) is 3.88. The Labute approximate surface area is 336 Å². The van der Waals surface area contributed by atoms with E-state index in [1.165, 1.54) is 16.4 Å². The number of benzene rings is 2. The van der Waals surface area contributed by atoms with E-state index in [1.807, 2.05) is 60.3 Å². The number of aromatic nitrogens is 4. The Hall–Kier alpha value is -4.16. The van der Waals surface area contributed by atoms with Crippen molar-refractivity contribution in [3.63, 3.8) is 0 Å². The number of fused-ring (bicyclic) bond motifs is 1. The molecule has 3 aromatic heterocycles. The average molecular weight is 845 g/mol. The zero-order valence-electron chi connectivity index (χ0n) is 30.9. The van der Waals surface area contributed by atoms with Crippen LogP contribution in [-0.4, -0.2) is 94.5 Å². The Morgan fingerprint density at radius 3 is 2.46 bits per heavy atom. The van der Waals surface area contributed by atoms with Gasteiger partial charge in [-0.2, -0.15) is 12.7 Å². The maximum absolute atomic E-state index is 14.1. The quantitative estimate of drug-likeness (QED) is 0.156. The lowest BCUT2D eigenvalue weighted by Crippen LogP contribution is -2.47. The molecule has 0 unspecified atom stereocenters. The van der Waals surface area contributed by atoms with Gasteiger partial charge in [-0.3, -0.25) is 19.2 Å². The van der Waals surface area contributed by atoms with Crippen LogP contribution in [0.4, 0.5) is 0 Å². The van der Waals surface area contributed by atoms with Crippen LogP contribution in [0.1, 0.15) is 42.6 Å². The number of para-hydroxylation sites is 1. The normalized spacial score (nSPS) is 17.1. The van der Waals surface area contributed by atoms with E-state index in [4.69, 9.17) is 37.5 Å². The molecule has 298 valence electrons. The number of rotatable bonds is 11. The highest BCUT2D eigenvalue weighted by Gasteiger charge is 2.41. The Morgan fingerprint density at radius 1 is 1.00 bits per heavy atom. The van der Waals surface area contributed by atoms with Gasteiger partial charge in [-0.05, 0) is 88.0 Å². The van der Waals surface area contributed by atoms with Crippen molar-refractivity contribution in [2.45, 2.75) is 56.7 Å². The molecule has 18 heteroatoms. The largest absolute Gasteiger partial charge is 0.487 e. The highest BCUT2D eigenvalue weighted by molar-refractivity contribution is 7.89. The molecular formula is C38H43Cl2N7O7S2. The van der Waals surface area contributed by atoms with Crippen molar-refractivity contribution in [2.75, 3.05) is 32.4 Å². The number of pyridine rings is 2. The molecule has 1 atom stereocenters. The van der Waals surface area contributed by atoms with Crippen LogP contribution in [0.3, 0.4) is 0 Å². The summed E-state index contributed by atoms with van der Waals surface area (Å²) < 4.78 is 63.5. The molecule has 0 saturated carbocycles. The Kier molecular flexibility index (Phi) is 13.3. The molecule has 1 amide bonds. The Morgan fingerprint density at radius 2 is 1.77 bits per heavy atom. The lowest BCUT2D eigenvalue weighted by molar-refractivity contribution is -0.124. The summed E-state index contributed by atoms with van der Waals surface area (Å²) in [5.74, 6) is 0.537. The van der Waals surface area contributed by atoms with Crippen molar-refractivity contribution >= 4 is 60.2 Å². The van der Waals surface area contributed by atoms with E-state index in [1.54, 1.807) is 18.6 Å². The molecule has 2 saturated heterocycles. The second-order valence-corrected chi connectivity index (χ2v) is 17.9. The standard InChI is InChI=1S/C37H39Cl2N7O4S.CH4O3S/c1-25-20-32(45-19-15-40-24-45)28-7-4-9-33(36(28)43-25)50-23-29-30(38)10-11-34(35(29)39)51(48,49)46-16-5-8-31(46)37(47)42-21-26-12-17-44(18-13-26)22-27-6-2-3-14-41-27;1-5(2,3)4/h2-4,6-7,9-11,14-15,19-20,24,26,31H,5,8,12-13,16-18,21-23H2,1H3,(H,42,47);1H3,(H,2,3,4)/t31-;/m0./s1. The van der Waals surface area contributed by atoms with Crippen LogP contribution in [0.15, 0.2) is 84.4 Å². The van der Waals surface area contributed by atoms with E-state index in [2.05, 4.69) is 20.2 Å². The van der Waals surface area contributed by atoms with Crippen LogP contribution < -0.4 is 10.1 Å². The fraction of sp³-hybridized carbons (Fsp3) is 0.368. The van der Waals surface area contributed by atoms with Gasteiger partial charge in [0.05, 0.1) is 29.0 Å². The number of halogens is 2. The van der Waals surface area contributed by atoms with E-state index < -0.39 is 26.2 Å². The first-order chi connectivity index (χ1) is 26.7. The third kappa shape index (κ3) is 10.2. The number of aryl methyl sites for hydroxylation is 1. The van der Waals surface area contributed by atoms with Crippen LogP contribution in [-0.2, 0) is 38.1 Å². The fourth-order valence-electron chi connectivity index (χ4n) is 6.97. The van der Waals surface area contributed by atoms with E-state index in [0.29, 0.717) is 48.4 Å². The van der Waals surface area contributed by atoms with Crippen LogP contribution in [0.5, 0.6) is 5.75 Å². The van der Waals surface area contributed by atoms with Crippen LogP contribution >= 0.6 is 23.2 Å². The third-order valence-electron chi connectivity index (χ3n) is 9.69. The minimum Gasteiger partial charge on any atom is -0.487 e. The van der Waals surface area contributed by atoms with Gasteiger partial charge in [-0.25, -0.2) is 18.4 Å². The molecule has 2 aliphatic heterocycles. The van der Waals surface area contributed by atoms with Gasteiger partial charge >= 0.3 is 0 Å². The van der Waals surface area contributed by atoms with E-state index in [0.717, 1.165) is 54.9 Å². The van der Waals surface area contributed by atoms with Gasteiger partial charge in [-0.15, -0.1) is 0 Å². The molecule has 2 N–H and O–H groups in total. The molecule has 2 fully saturated rings. The second-order valence-electron chi connectivity index (χ2n) is 13.8.